The lowest BCUT2D eigenvalue weighted by Gasteiger charge is -2.13. The highest BCUT2D eigenvalue weighted by atomic mass is 32.2. The zero-order valence-corrected chi connectivity index (χ0v) is 16.3. The van der Waals surface area contributed by atoms with E-state index in [1.54, 1.807) is 42.0 Å². The number of carbonyl (C=O) groups is 1. The van der Waals surface area contributed by atoms with Crippen LogP contribution in [0.15, 0.2) is 59.5 Å². The average molecular weight is 416 g/mol. The number of nitrogens with one attached hydrogen (secondary N) is 2. The number of methoxy groups -OCH3 is 1. The molecule has 29 heavy (non-hydrogen) atoms. The molecule has 2 amide bonds. The van der Waals surface area contributed by atoms with Crippen molar-refractivity contribution in [3.63, 3.8) is 0 Å². The van der Waals surface area contributed by atoms with E-state index in [1.165, 1.54) is 25.3 Å². The first-order valence-electron chi connectivity index (χ1n) is 8.37. The van der Waals surface area contributed by atoms with Crippen molar-refractivity contribution < 1.29 is 22.3 Å². The Labute approximate surface area is 166 Å². The number of sulfonamides is 1. The molecule has 0 radical (unpaired) electrons. The summed E-state index contributed by atoms with van der Waals surface area (Å²) in [4.78, 5) is 19.5. The Hall–Kier alpha value is -3.53. The van der Waals surface area contributed by atoms with Gasteiger partial charge in [0.2, 0.25) is 11.8 Å². The summed E-state index contributed by atoms with van der Waals surface area (Å²) in [5, 5.41) is 2.21. The predicted octanol–water partition coefficient (Wildman–Crippen LogP) is 3.11. The van der Waals surface area contributed by atoms with Gasteiger partial charge in [0, 0.05) is 17.3 Å². The molecule has 0 aliphatic rings. The van der Waals surface area contributed by atoms with Gasteiger partial charge in [0.1, 0.15) is 10.7 Å². The molecule has 10 heteroatoms. The van der Waals surface area contributed by atoms with E-state index in [0.29, 0.717) is 11.3 Å². The van der Waals surface area contributed by atoms with Gasteiger partial charge >= 0.3 is 6.03 Å². The molecule has 0 unspecified atom stereocenters. The summed E-state index contributed by atoms with van der Waals surface area (Å²) in [6.45, 7) is 1.65. The number of rotatable bonds is 5. The van der Waals surface area contributed by atoms with E-state index in [0.717, 1.165) is 6.07 Å². The Balaban J connectivity index is 1.91. The molecule has 3 aromatic rings. The van der Waals surface area contributed by atoms with Crippen LogP contribution in [0.2, 0.25) is 0 Å². The molecule has 0 atom stereocenters. The van der Waals surface area contributed by atoms with Crippen LogP contribution in [-0.4, -0.2) is 31.5 Å². The van der Waals surface area contributed by atoms with Crippen molar-refractivity contribution in [2.45, 2.75) is 11.8 Å². The van der Waals surface area contributed by atoms with Gasteiger partial charge < -0.3 is 4.74 Å². The fourth-order valence-corrected chi connectivity index (χ4v) is 3.82. The largest absolute Gasteiger partial charge is 0.481 e. The van der Waals surface area contributed by atoms with Crippen LogP contribution < -0.4 is 14.8 Å². The first-order valence-corrected chi connectivity index (χ1v) is 9.86. The van der Waals surface area contributed by atoms with Gasteiger partial charge in [-0.05, 0) is 18.6 Å². The standard InChI is InChI=1S/C19H17FN4O4S/c1-12-11-16(28-2)22-18(21-12)23-19(25)24-29(26,27)17-14(9-6-10-15(17)20)13-7-4-3-5-8-13/h3-11H,1-2H3,(H2,21,22,23,24,25). The number of anilines is 1. The van der Waals surface area contributed by atoms with Crippen molar-refractivity contribution in [1.82, 2.24) is 14.7 Å². The molecule has 1 heterocycles. The van der Waals surface area contributed by atoms with Gasteiger partial charge in [-0.1, -0.05) is 42.5 Å². The molecule has 150 valence electrons. The number of hydrogen-bond donors (Lipinski definition) is 2. The first kappa shape index (κ1) is 20.2. The number of ether oxygens (including phenoxy) is 1. The van der Waals surface area contributed by atoms with Crippen molar-refractivity contribution >= 4 is 22.0 Å². The molecular weight excluding hydrogens is 399 g/mol. The zero-order chi connectivity index (χ0) is 21.0. The minimum Gasteiger partial charge on any atom is -0.481 e. The van der Waals surface area contributed by atoms with Gasteiger partial charge in [0.15, 0.2) is 0 Å². The smallest absolute Gasteiger partial charge is 0.335 e. The third-order valence-electron chi connectivity index (χ3n) is 3.81. The van der Waals surface area contributed by atoms with E-state index >= 15 is 0 Å². The maximum Gasteiger partial charge on any atom is 0.335 e. The maximum absolute atomic E-state index is 14.5. The topological polar surface area (TPSA) is 110 Å². The molecule has 0 spiro atoms. The molecule has 0 fully saturated rings. The summed E-state index contributed by atoms with van der Waals surface area (Å²) in [5.74, 6) is -0.956. The number of amides is 2. The van der Waals surface area contributed by atoms with Gasteiger partial charge in [-0.2, -0.15) is 4.98 Å². The molecule has 3 rings (SSSR count). The van der Waals surface area contributed by atoms with Crippen LogP contribution in [-0.2, 0) is 10.0 Å². The van der Waals surface area contributed by atoms with Gasteiger partial charge in [-0.25, -0.2) is 27.3 Å². The second kappa shape index (κ2) is 8.23. The Morgan fingerprint density at radius 3 is 2.48 bits per heavy atom. The predicted molar refractivity (Wildman–Crippen MR) is 104 cm³/mol. The highest BCUT2D eigenvalue weighted by Crippen LogP contribution is 2.29. The second-order valence-electron chi connectivity index (χ2n) is 5.92. The lowest BCUT2D eigenvalue weighted by atomic mass is 10.1. The van der Waals surface area contributed by atoms with E-state index < -0.39 is 26.8 Å². The summed E-state index contributed by atoms with van der Waals surface area (Å²) in [6, 6.07) is 12.7. The van der Waals surface area contributed by atoms with Crippen molar-refractivity contribution in [3.05, 3.63) is 66.1 Å². The second-order valence-corrected chi connectivity index (χ2v) is 7.54. The first-order chi connectivity index (χ1) is 13.8. The molecular formula is C19H17FN4O4S. The van der Waals surface area contributed by atoms with Crippen LogP contribution in [0.25, 0.3) is 11.1 Å². The molecule has 0 saturated heterocycles. The highest BCUT2D eigenvalue weighted by Gasteiger charge is 2.26. The van der Waals surface area contributed by atoms with Crippen molar-refractivity contribution in [1.29, 1.82) is 0 Å². The normalized spacial score (nSPS) is 11.0. The van der Waals surface area contributed by atoms with Crippen LogP contribution >= 0.6 is 0 Å². The average Bonchev–Trinajstić information content (AvgIpc) is 2.67. The van der Waals surface area contributed by atoms with Crippen LogP contribution in [0.1, 0.15) is 5.69 Å². The molecule has 0 bridgehead atoms. The number of halogens is 1. The Morgan fingerprint density at radius 2 is 1.79 bits per heavy atom. The Bertz CT molecular complexity index is 1150. The highest BCUT2D eigenvalue weighted by molar-refractivity contribution is 7.90. The third-order valence-corrected chi connectivity index (χ3v) is 5.22. The van der Waals surface area contributed by atoms with Gasteiger partial charge in [0.25, 0.3) is 10.0 Å². The summed E-state index contributed by atoms with van der Waals surface area (Å²) >= 11 is 0. The van der Waals surface area contributed by atoms with Gasteiger partial charge in [-0.15, -0.1) is 0 Å². The fourth-order valence-electron chi connectivity index (χ4n) is 2.63. The quantitative estimate of drug-likeness (QED) is 0.661. The number of carbonyl (C=O) groups excluding carboxylic acids is 1. The summed E-state index contributed by atoms with van der Waals surface area (Å²) in [7, 11) is -3.15. The van der Waals surface area contributed by atoms with E-state index in [-0.39, 0.29) is 17.4 Å². The molecule has 8 nitrogen and oxygen atoms in total. The van der Waals surface area contributed by atoms with E-state index in [2.05, 4.69) is 15.3 Å². The van der Waals surface area contributed by atoms with E-state index in [4.69, 9.17) is 4.74 Å². The molecule has 2 N–H and O–H groups in total. The fraction of sp³-hybridized carbons (Fsp3) is 0.105. The summed E-state index contributed by atoms with van der Waals surface area (Å²) < 4.78 is 46.8. The van der Waals surface area contributed by atoms with Crippen LogP contribution in [0.3, 0.4) is 0 Å². The van der Waals surface area contributed by atoms with Gasteiger partial charge in [0.05, 0.1) is 7.11 Å². The van der Waals surface area contributed by atoms with Crippen LogP contribution in [0, 0.1) is 12.7 Å². The SMILES string of the molecule is COc1cc(C)nc(NC(=O)NS(=O)(=O)c2c(F)cccc2-c2ccccc2)n1. The minimum absolute atomic E-state index is 0.124. The van der Waals surface area contributed by atoms with Crippen molar-refractivity contribution in [2.75, 3.05) is 12.4 Å². The lowest BCUT2D eigenvalue weighted by molar-refractivity contribution is 0.256. The molecule has 1 aromatic heterocycles. The van der Waals surface area contributed by atoms with Gasteiger partial charge in [-0.3, -0.25) is 5.32 Å². The molecule has 0 saturated carbocycles. The lowest BCUT2D eigenvalue weighted by Crippen LogP contribution is -2.35. The number of nitrogens with zero attached hydrogens (tertiary/aromatic N) is 2. The van der Waals surface area contributed by atoms with Crippen molar-refractivity contribution in [2.24, 2.45) is 0 Å². The number of aromatic nitrogens is 2. The summed E-state index contributed by atoms with van der Waals surface area (Å²) in [6.07, 6.45) is 0. The molecule has 0 aliphatic heterocycles. The Morgan fingerprint density at radius 1 is 1.07 bits per heavy atom. The molecule has 2 aromatic carbocycles. The Kier molecular flexibility index (Phi) is 5.74. The number of aryl methyl sites for hydroxylation is 1. The monoisotopic (exact) mass is 416 g/mol. The number of hydrogen-bond acceptors (Lipinski definition) is 6. The number of benzene rings is 2. The van der Waals surface area contributed by atoms with E-state index in [1.807, 2.05) is 0 Å². The zero-order valence-electron chi connectivity index (χ0n) is 15.5. The van der Waals surface area contributed by atoms with E-state index in [9.17, 15) is 17.6 Å². The van der Waals surface area contributed by atoms with Crippen molar-refractivity contribution in [3.8, 4) is 17.0 Å². The minimum atomic E-state index is -4.54. The number of urea groups is 1. The maximum atomic E-state index is 14.5. The third kappa shape index (κ3) is 4.66. The van der Waals surface area contributed by atoms with Crippen LogP contribution in [0.5, 0.6) is 5.88 Å². The van der Waals surface area contributed by atoms with Crippen LogP contribution in [0.4, 0.5) is 15.1 Å². The molecule has 0 aliphatic carbocycles. The summed E-state index contributed by atoms with van der Waals surface area (Å²) in [5.41, 5.74) is 1.11.